The highest BCUT2D eigenvalue weighted by molar-refractivity contribution is 9.10. The Morgan fingerprint density at radius 2 is 2.35 bits per heavy atom. The van der Waals surface area contributed by atoms with Crippen molar-refractivity contribution < 1.29 is 9.90 Å². The molecule has 1 aromatic rings. The number of anilines is 1. The number of halogens is 2. The summed E-state index contributed by atoms with van der Waals surface area (Å²) in [4.78, 5) is 13.4. The monoisotopic (exact) mass is 318 g/mol. The number of likely N-dealkylation sites (tertiary alicyclic amines) is 1. The van der Waals surface area contributed by atoms with Crippen molar-refractivity contribution in [3.8, 4) is 0 Å². The average Bonchev–Trinajstić information content (AvgIpc) is 2.70. The molecule has 0 bridgehead atoms. The molecule has 1 saturated heterocycles. The van der Waals surface area contributed by atoms with Gasteiger partial charge in [0, 0.05) is 23.2 Å². The van der Waals surface area contributed by atoms with Crippen LogP contribution in [0.1, 0.15) is 6.42 Å². The lowest BCUT2D eigenvalue weighted by Gasteiger charge is -2.16. The Hall–Kier alpha value is -0.780. The normalized spacial score (nSPS) is 19.5. The van der Waals surface area contributed by atoms with E-state index >= 15 is 0 Å². The highest BCUT2D eigenvalue weighted by Gasteiger charge is 2.24. The molecule has 92 valence electrons. The standard InChI is InChI=1S/C11H12BrClN2O2/c12-9-5-7(1-2-10(9)13)14-11(17)15-4-3-8(16)6-15/h1-2,5,8,16H,3-4,6H2,(H,14,17)/t8-/m1/s1. The van der Waals surface area contributed by atoms with E-state index in [1.165, 1.54) is 0 Å². The fraction of sp³-hybridized carbons (Fsp3) is 0.364. The molecule has 1 aliphatic heterocycles. The van der Waals surface area contributed by atoms with Crippen LogP contribution in [-0.2, 0) is 0 Å². The molecule has 1 aromatic carbocycles. The number of nitrogens with zero attached hydrogens (tertiary/aromatic N) is 1. The second-order valence-electron chi connectivity index (χ2n) is 3.95. The van der Waals surface area contributed by atoms with Crippen molar-refractivity contribution in [2.75, 3.05) is 18.4 Å². The van der Waals surface area contributed by atoms with Gasteiger partial charge in [0.1, 0.15) is 0 Å². The summed E-state index contributed by atoms with van der Waals surface area (Å²) in [7, 11) is 0. The fourth-order valence-electron chi connectivity index (χ4n) is 1.70. The van der Waals surface area contributed by atoms with E-state index in [0.717, 1.165) is 4.47 Å². The quantitative estimate of drug-likeness (QED) is 0.836. The third-order valence-corrected chi connectivity index (χ3v) is 3.84. The van der Waals surface area contributed by atoms with Gasteiger partial charge in [0.25, 0.3) is 0 Å². The van der Waals surface area contributed by atoms with Crippen LogP contribution in [0.2, 0.25) is 5.02 Å². The predicted octanol–water partition coefficient (Wildman–Crippen LogP) is 2.70. The van der Waals surface area contributed by atoms with Crippen LogP contribution in [0.25, 0.3) is 0 Å². The first-order valence-electron chi connectivity index (χ1n) is 5.25. The summed E-state index contributed by atoms with van der Waals surface area (Å²) in [5.74, 6) is 0. The molecule has 0 saturated carbocycles. The summed E-state index contributed by atoms with van der Waals surface area (Å²) in [6.07, 6.45) is 0.232. The number of nitrogens with one attached hydrogen (secondary N) is 1. The zero-order chi connectivity index (χ0) is 12.4. The van der Waals surface area contributed by atoms with Crippen LogP contribution >= 0.6 is 27.5 Å². The molecule has 0 radical (unpaired) electrons. The Kier molecular flexibility index (Phi) is 3.91. The number of carbonyl (C=O) groups is 1. The van der Waals surface area contributed by atoms with Gasteiger partial charge in [-0.1, -0.05) is 11.6 Å². The maximum atomic E-state index is 11.8. The topological polar surface area (TPSA) is 52.6 Å². The molecule has 4 nitrogen and oxygen atoms in total. The molecule has 2 rings (SSSR count). The molecule has 2 amide bonds. The van der Waals surface area contributed by atoms with E-state index in [0.29, 0.717) is 30.2 Å². The van der Waals surface area contributed by atoms with Crippen LogP contribution < -0.4 is 5.32 Å². The van der Waals surface area contributed by atoms with Gasteiger partial charge in [-0.25, -0.2) is 4.79 Å². The molecule has 0 aliphatic carbocycles. The molecule has 0 spiro atoms. The molecule has 1 atom stereocenters. The number of aliphatic hydroxyl groups is 1. The number of hydrogen-bond donors (Lipinski definition) is 2. The first kappa shape index (κ1) is 12.7. The predicted molar refractivity (Wildman–Crippen MR) is 70.4 cm³/mol. The molecule has 1 fully saturated rings. The van der Waals surface area contributed by atoms with Gasteiger partial charge in [0.15, 0.2) is 0 Å². The van der Waals surface area contributed by atoms with E-state index < -0.39 is 6.10 Å². The smallest absolute Gasteiger partial charge is 0.321 e. The molecule has 2 N–H and O–H groups in total. The van der Waals surface area contributed by atoms with Gasteiger partial charge in [-0.15, -0.1) is 0 Å². The minimum Gasteiger partial charge on any atom is -0.391 e. The fourth-order valence-corrected chi connectivity index (χ4v) is 2.20. The molecule has 0 aromatic heterocycles. The molecular formula is C11H12BrClN2O2. The van der Waals surface area contributed by atoms with Crippen LogP contribution in [0.5, 0.6) is 0 Å². The second-order valence-corrected chi connectivity index (χ2v) is 5.21. The van der Waals surface area contributed by atoms with E-state index in [4.69, 9.17) is 11.6 Å². The lowest BCUT2D eigenvalue weighted by Crippen LogP contribution is -2.33. The van der Waals surface area contributed by atoms with Gasteiger partial charge in [-0.3, -0.25) is 0 Å². The number of aliphatic hydroxyl groups excluding tert-OH is 1. The lowest BCUT2D eigenvalue weighted by atomic mass is 10.3. The maximum Gasteiger partial charge on any atom is 0.321 e. The zero-order valence-corrected chi connectivity index (χ0v) is 11.3. The van der Waals surface area contributed by atoms with Crippen molar-refractivity contribution in [2.24, 2.45) is 0 Å². The number of β-amino-alcohol motifs (C(OH)–C–C–N with tert-alkyl or cyclic N) is 1. The largest absolute Gasteiger partial charge is 0.391 e. The van der Waals surface area contributed by atoms with Gasteiger partial charge in [-0.2, -0.15) is 0 Å². The number of hydrogen-bond acceptors (Lipinski definition) is 2. The number of benzene rings is 1. The molecule has 6 heteroatoms. The second kappa shape index (κ2) is 5.25. The van der Waals surface area contributed by atoms with E-state index in [-0.39, 0.29) is 6.03 Å². The summed E-state index contributed by atoms with van der Waals surface area (Å²) in [5, 5.41) is 12.7. The molecule has 1 heterocycles. The highest BCUT2D eigenvalue weighted by atomic mass is 79.9. The van der Waals surface area contributed by atoms with E-state index in [1.54, 1.807) is 23.1 Å². The van der Waals surface area contributed by atoms with Crippen LogP contribution in [0.3, 0.4) is 0 Å². The summed E-state index contributed by atoms with van der Waals surface area (Å²) in [6, 6.07) is 4.99. The number of rotatable bonds is 1. The molecule has 0 unspecified atom stereocenters. The molecule has 1 aliphatic rings. The minimum atomic E-state index is -0.405. The number of carbonyl (C=O) groups excluding carboxylic acids is 1. The summed E-state index contributed by atoms with van der Waals surface area (Å²) >= 11 is 9.15. The van der Waals surface area contributed by atoms with Crippen LogP contribution in [0.4, 0.5) is 10.5 Å². The van der Waals surface area contributed by atoms with E-state index in [2.05, 4.69) is 21.2 Å². The Balaban J connectivity index is 2.00. The Bertz CT molecular complexity index is 441. The zero-order valence-electron chi connectivity index (χ0n) is 8.99. The average molecular weight is 320 g/mol. The van der Waals surface area contributed by atoms with Gasteiger partial charge >= 0.3 is 6.03 Å². The van der Waals surface area contributed by atoms with Crippen molar-refractivity contribution in [2.45, 2.75) is 12.5 Å². The Morgan fingerprint density at radius 1 is 1.59 bits per heavy atom. The number of urea groups is 1. The summed E-state index contributed by atoms with van der Waals surface area (Å²) in [6.45, 7) is 0.975. The van der Waals surface area contributed by atoms with Gasteiger partial charge in [-0.05, 0) is 40.5 Å². The van der Waals surface area contributed by atoms with Crippen molar-refractivity contribution in [3.63, 3.8) is 0 Å². The van der Waals surface area contributed by atoms with Crippen LogP contribution in [0, 0.1) is 0 Å². The van der Waals surface area contributed by atoms with Crippen LogP contribution in [-0.4, -0.2) is 35.2 Å². The molecule has 17 heavy (non-hydrogen) atoms. The Labute approximate surface area is 113 Å². The van der Waals surface area contributed by atoms with Crippen molar-refractivity contribution in [3.05, 3.63) is 27.7 Å². The lowest BCUT2D eigenvalue weighted by molar-refractivity contribution is 0.176. The van der Waals surface area contributed by atoms with Crippen molar-refractivity contribution in [1.29, 1.82) is 0 Å². The van der Waals surface area contributed by atoms with E-state index in [1.807, 2.05) is 0 Å². The Morgan fingerprint density at radius 3 is 2.94 bits per heavy atom. The molecular weight excluding hydrogens is 307 g/mol. The van der Waals surface area contributed by atoms with E-state index in [9.17, 15) is 9.90 Å². The highest BCUT2D eigenvalue weighted by Crippen LogP contribution is 2.25. The van der Waals surface area contributed by atoms with Crippen LogP contribution in [0.15, 0.2) is 22.7 Å². The van der Waals surface area contributed by atoms with Gasteiger partial charge in [0.05, 0.1) is 11.1 Å². The SMILES string of the molecule is O=C(Nc1ccc(Cl)c(Br)c1)N1CC[C@@H](O)C1. The first-order chi connectivity index (χ1) is 8.06. The summed E-state index contributed by atoms with van der Waals surface area (Å²) in [5.41, 5.74) is 0.674. The maximum absolute atomic E-state index is 11.8. The van der Waals surface area contributed by atoms with Crippen molar-refractivity contribution >= 4 is 39.2 Å². The summed E-state index contributed by atoms with van der Waals surface area (Å²) < 4.78 is 0.735. The first-order valence-corrected chi connectivity index (χ1v) is 6.42. The van der Waals surface area contributed by atoms with Gasteiger partial charge < -0.3 is 15.3 Å². The van der Waals surface area contributed by atoms with Crippen molar-refractivity contribution in [1.82, 2.24) is 4.90 Å². The minimum absolute atomic E-state index is 0.198. The number of amides is 2. The third-order valence-electron chi connectivity index (χ3n) is 2.62. The third kappa shape index (κ3) is 3.12. The van der Waals surface area contributed by atoms with Gasteiger partial charge in [0.2, 0.25) is 0 Å².